The summed E-state index contributed by atoms with van der Waals surface area (Å²) >= 11 is 0. The summed E-state index contributed by atoms with van der Waals surface area (Å²) in [5.41, 5.74) is -2.01. The lowest BCUT2D eigenvalue weighted by Gasteiger charge is -2.33. The summed E-state index contributed by atoms with van der Waals surface area (Å²) < 4.78 is 46.1. The summed E-state index contributed by atoms with van der Waals surface area (Å²) in [6, 6.07) is 6.41. The molecule has 2 amide bonds. The molecule has 3 fully saturated rings. The highest BCUT2D eigenvalue weighted by atomic mass is 32.2. The summed E-state index contributed by atoms with van der Waals surface area (Å²) in [6.45, 7) is 11.8. The van der Waals surface area contributed by atoms with E-state index in [9.17, 15) is 27.6 Å². The minimum atomic E-state index is -3.86. The van der Waals surface area contributed by atoms with E-state index in [1.807, 2.05) is 50.3 Å². The van der Waals surface area contributed by atoms with Gasteiger partial charge in [0.15, 0.2) is 5.78 Å². The highest BCUT2D eigenvalue weighted by molar-refractivity contribution is 7.90. The maximum Gasteiger partial charge on any atom is 0.307 e. The number of Topliss-reactive ketones (excluding diaryl/α,β-unsaturated/α-hetero) is 1. The van der Waals surface area contributed by atoms with Gasteiger partial charge in [-0.1, -0.05) is 44.6 Å². The Kier molecular flexibility index (Phi) is 11.9. The van der Waals surface area contributed by atoms with Crippen molar-refractivity contribution in [2.24, 2.45) is 29.1 Å². The van der Waals surface area contributed by atoms with Gasteiger partial charge in [0.05, 0.1) is 53.0 Å². The van der Waals surface area contributed by atoms with E-state index in [0.29, 0.717) is 55.4 Å². The maximum absolute atomic E-state index is 15.0. The standard InChI is InChI=1S/C41H56N4O9S/c1-7-26-19-25(3)13-9-10-14-27-22-41(27,39(49)44-55(50,51)29-17-18-29)23-34(46)33-20-28(24-45(33)38(48)32(26)21-35(47)54-40(4,5)6)53-37-31-16-12-11-15-30(31)36(42-43-37)52-8-2/h10-12,14-16,25-29,32-33H,7-9,13,17-24H2,1-6H3,(H,44,49)/b14-10-/t25-,26+,27+,28+,32-,33-,41+/m0/s1. The molecule has 0 bridgehead atoms. The molecule has 13 nitrogen and oxygen atoms in total. The first kappa shape index (κ1) is 40.6. The lowest BCUT2D eigenvalue weighted by Crippen LogP contribution is -2.48. The Balaban J connectivity index is 1.36. The molecule has 0 unspecified atom stereocenters. The van der Waals surface area contributed by atoms with Gasteiger partial charge in [-0.2, -0.15) is 0 Å². The van der Waals surface area contributed by atoms with Gasteiger partial charge in [0.25, 0.3) is 0 Å². The van der Waals surface area contributed by atoms with Crippen LogP contribution in [0, 0.1) is 29.1 Å². The number of amides is 2. The van der Waals surface area contributed by atoms with Crippen molar-refractivity contribution in [1.29, 1.82) is 0 Å². The molecule has 300 valence electrons. The average Bonchev–Trinajstić information content (AvgIpc) is 4.05. The van der Waals surface area contributed by atoms with E-state index in [-0.39, 0.29) is 61.1 Å². The van der Waals surface area contributed by atoms with Crippen LogP contribution >= 0.6 is 0 Å². The number of esters is 1. The van der Waals surface area contributed by atoms with Crippen molar-refractivity contribution in [3.63, 3.8) is 0 Å². The molecule has 3 heterocycles. The lowest BCUT2D eigenvalue weighted by molar-refractivity contribution is -0.160. The van der Waals surface area contributed by atoms with E-state index in [2.05, 4.69) is 21.8 Å². The largest absolute Gasteiger partial charge is 0.476 e. The Morgan fingerprint density at radius 2 is 1.71 bits per heavy atom. The predicted octanol–water partition coefficient (Wildman–Crippen LogP) is 5.70. The Labute approximate surface area is 324 Å². The summed E-state index contributed by atoms with van der Waals surface area (Å²) in [7, 11) is -3.86. The number of hydrogen-bond acceptors (Lipinski definition) is 11. The molecule has 0 radical (unpaired) electrons. The number of allylic oxidation sites excluding steroid dienone is 2. The van der Waals surface area contributed by atoms with Crippen molar-refractivity contribution in [2.45, 2.75) is 129 Å². The monoisotopic (exact) mass is 780 g/mol. The number of benzene rings is 1. The Morgan fingerprint density at radius 1 is 1.02 bits per heavy atom. The number of sulfonamides is 1. The zero-order chi connectivity index (χ0) is 39.7. The number of rotatable bonds is 10. The van der Waals surface area contributed by atoms with Crippen molar-refractivity contribution in [3.05, 3.63) is 36.4 Å². The molecule has 1 aromatic heterocycles. The number of hydrogen-bond donors (Lipinski definition) is 1. The highest BCUT2D eigenvalue weighted by Gasteiger charge is 2.61. The SMILES string of the molecule is CCOc1nnc(O[C@@H]2C[C@H]3C(=O)C[C@]4(C(=O)NS(=O)(=O)C5CC5)C[C@H]4/C=C\CC[C@H](C)C[C@@H](CC)[C@H](CC(=O)OC(C)(C)C)C(=O)N3C2)c2ccccc12. The molecular formula is C41H56N4O9S. The molecule has 2 aliphatic heterocycles. The maximum atomic E-state index is 15.0. The zero-order valence-corrected chi connectivity index (χ0v) is 33.7. The molecule has 2 saturated carbocycles. The number of fused-ring (bicyclic) bond motifs is 3. The number of carbonyl (C=O) groups excluding carboxylic acids is 4. The fraction of sp³-hybridized carbons (Fsp3) is 0.659. The molecule has 7 atom stereocenters. The highest BCUT2D eigenvalue weighted by Crippen LogP contribution is 2.57. The van der Waals surface area contributed by atoms with E-state index < -0.39 is 56.2 Å². The first-order valence-electron chi connectivity index (χ1n) is 19.9. The van der Waals surface area contributed by atoms with E-state index in [0.717, 1.165) is 12.8 Å². The smallest absolute Gasteiger partial charge is 0.307 e. The summed E-state index contributed by atoms with van der Waals surface area (Å²) in [4.78, 5) is 58.4. The quantitative estimate of drug-likeness (QED) is 0.232. The second kappa shape index (κ2) is 16.2. The van der Waals surface area contributed by atoms with Crippen molar-refractivity contribution < 1.29 is 41.8 Å². The van der Waals surface area contributed by atoms with Gasteiger partial charge in [-0.05, 0) is 96.1 Å². The van der Waals surface area contributed by atoms with Crippen molar-refractivity contribution >= 4 is 44.4 Å². The number of ether oxygens (including phenoxy) is 3. The van der Waals surface area contributed by atoms with Gasteiger partial charge in [-0.15, -0.1) is 10.2 Å². The van der Waals surface area contributed by atoms with Gasteiger partial charge >= 0.3 is 5.97 Å². The van der Waals surface area contributed by atoms with Crippen LogP contribution < -0.4 is 14.2 Å². The Hall–Kier alpha value is -4.07. The topological polar surface area (TPSA) is 171 Å². The van der Waals surface area contributed by atoms with Gasteiger partial charge < -0.3 is 19.1 Å². The van der Waals surface area contributed by atoms with Crippen LogP contribution in [-0.2, 0) is 33.9 Å². The number of ketones is 1. The number of carbonyl (C=O) groups is 4. The number of nitrogens with zero attached hydrogens (tertiary/aromatic N) is 3. The summed E-state index contributed by atoms with van der Waals surface area (Å²) in [5, 5.41) is 9.35. The van der Waals surface area contributed by atoms with Crippen LogP contribution in [0.15, 0.2) is 36.4 Å². The van der Waals surface area contributed by atoms with Gasteiger partial charge in [-0.3, -0.25) is 23.9 Å². The molecule has 2 aliphatic carbocycles. The molecule has 2 aromatic rings. The number of nitrogens with one attached hydrogen (secondary N) is 1. The summed E-state index contributed by atoms with van der Waals surface area (Å²) in [6.07, 6.45) is 7.20. The molecular weight excluding hydrogens is 725 g/mol. The minimum Gasteiger partial charge on any atom is -0.476 e. The Bertz CT molecular complexity index is 1920. The third-order valence-electron chi connectivity index (χ3n) is 11.5. The van der Waals surface area contributed by atoms with Crippen LogP contribution in [-0.4, -0.2) is 83.2 Å². The van der Waals surface area contributed by atoms with Crippen LogP contribution in [0.2, 0.25) is 0 Å². The molecule has 0 spiro atoms. The van der Waals surface area contributed by atoms with Gasteiger partial charge in [-0.25, -0.2) is 8.42 Å². The first-order valence-corrected chi connectivity index (χ1v) is 21.4. The number of aromatic nitrogens is 2. The molecule has 1 saturated heterocycles. The van der Waals surface area contributed by atoms with Crippen LogP contribution in [0.1, 0.15) is 106 Å². The van der Waals surface area contributed by atoms with Crippen LogP contribution in [0.3, 0.4) is 0 Å². The van der Waals surface area contributed by atoms with Crippen molar-refractivity contribution in [2.75, 3.05) is 13.2 Å². The fourth-order valence-corrected chi connectivity index (χ4v) is 9.73. The second-order valence-electron chi connectivity index (χ2n) is 17.0. The van der Waals surface area contributed by atoms with E-state index in [1.165, 1.54) is 4.90 Å². The first-order chi connectivity index (χ1) is 26.0. The molecule has 1 N–H and O–H groups in total. The molecule has 1 aromatic carbocycles. The summed E-state index contributed by atoms with van der Waals surface area (Å²) in [5.74, 6) is -2.31. The van der Waals surface area contributed by atoms with E-state index in [1.54, 1.807) is 20.8 Å². The Morgan fingerprint density at radius 3 is 2.36 bits per heavy atom. The van der Waals surface area contributed by atoms with Crippen LogP contribution in [0.5, 0.6) is 11.8 Å². The van der Waals surface area contributed by atoms with Crippen LogP contribution in [0.4, 0.5) is 0 Å². The van der Waals surface area contributed by atoms with Crippen molar-refractivity contribution in [1.82, 2.24) is 19.8 Å². The minimum absolute atomic E-state index is 0.0356. The second-order valence-corrected chi connectivity index (χ2v) is 18.9. The third-order valence-corrected chi connectivity index (χ3v) is 13.3. The van der Waals surface area contributed by atoms with Crippen LogP contribution in [0.25, 0.3) is 10.8 Å². The molecule has 14 heteroatoms. The fourth-order valence-electron chi connectivity index (χ4n) is 8.35. The molecule has 55 heavy (non-hydrogen) atoms. The molecule has 6 rings (SSSR count). The molecule has 4 aliphatic rings. The van der Waals surface area contributed by atoms with Gasteiger partial charge in [0.1, 0.15) is 11.7 Å². The normalized spacial score (nSPS) is 29.7. The average molecular weight is 781 g/mol. The van der Waals surface area contributed by atoms with Gasteiger partial charge in [0, 0.05) is 12.8 Å². The predicted molar refractivity (Wildman–Crippen MR) is 205 cm³/mol. The lowest BCUT2D eigenvalue weighted by atomic mass is 9.79. The van der Waals surface area contributed by atoms with E-state index >= 15 is 0 Å². The van der Waals surface area contributed by atoms with Gasteiger partial charge in [0.2, 0.25) is 33.6 Å². The zero-order valence-electron chi connectivity index (χ0n) is 32.9. The third kappa shape index (κ3) is 9.32. The van der Waals surface area contributed by atoms with Crippen molar-refractivity contribution in [3.8, 4) is 11.8 Å². The van der Waals surface area contributed by atoms with E-state index in [4.69, 9.17) is 14.2 Å².